The lowest BCUT2D eigenvalue weighted by Crippen LogP contribution is -2.15. The van der Waals surface area contributed by atoms with Crippen molar-refractivity contribution >= 4 is 6.21 Å². The van der Waals surface area contributed by atoms with Crippen LogP contribution in [0.25, 0.3) is 0 Å². The lowest BCUT2D eigenvalue weighted by Gasteiger charge is -2.03. The number of hydrogen-bond acceptors (Lipinski definition) is 3. The summed E-state index contributed by atoms with van der Waals surface area (Å²) in [6.45, 7) is 4.12. The minimum atomic E-state index is 0.592. The van der Waals surface area contributed by atoms with E-state index in [0.29, 0.717) is 6.04 Å². The number of rotatable bonds is 7. The third-order valence-corrected chi connectivity index (χ3v) is 2.84. The Bertz CT molecular complexity index is 369. The molecule has 1 fully saturated rings. The normalized spacial score (nSPS) is 15.6. The van der Waals surface area contributed by atoms with Crippen molar-refractivity contribution in [1.82, 2.24) is 10.3 Å². The Kier molecular flexibility index (Phi) is 4.68. The molecule has 1 aliphatic rings. The van der Waals surface area contributed by atoms with Crippen molar-refractivity contribution in [2.24, 2.45) is 4.99 Å². The van der Waals surface area contributed by atoms with Crippen molar-refractivity contribution in [2.45, 2.75) is 45.2 Å². The Labute approximate surface area is 103 Å². The average Bonchev–Trinajstić information content (AvgIpc) is 3.17. The molecule has 1 saturated carbocycles. The van der Waals surface area contributed by atoms with E-state index >= 15 is 0 Å². The van der Waals surface area contributed by atoms with Gasteiger partial charge in [0.25, 0.3) is 0 Å². The third kappa shape index (κ3) is 4.65. The molecule has 2 rings (SSSR count). The van der Waals surface area contributed by atoms with E-state index in [1.165, 1.54) is 31.2 Å². The second-order valence-corrected chi connectivity index (χ2v) is 4.62. The highest BCUT2D eigenvalue weighted by atomic mass is 14.9. The van der Waals surface area contributed by atoms with Gasteiger partial charge in [0.05, 0.1) is 11.7 Å². The van der Waals surface area contributed by atoms with Crippen molar-refractivity contribution < 1.29 is 0 Å². The highest BCUT2D eigenvalue weighted by Gasteiger charge is 2.18. The van der Waals surface area contributed by atoms with E-state index in [1.807, 2.05) is 18.5 Å². The molecular formula is C14H21N3. The van der Waals surface area contributed by atoms with Gasteiger partial charge in [-0.25, -0.2) is 0 Å². The molecule has 1 aromatic rings. The first kappa shape index (κ1) is 12.2. The van der Waals surface area contributed by atoms with E-state index in [-0.39, 0.29) is 0 Å². The van der Waals surface area contributed by atoms with E-state index < -0.39 is 0 Å². The Morgan fingerprint density at radius 1 is 1.53 bits per heavy atom. The summed E-state index contributed by atoms with van der Waals surface area (Å²) in [5.74, 6) is 0. The minimum absolute atomic E-state index is 0.592. The number of hydrogen-bond donors (Lipinski definition) is 1. The zero-order valence-electron chi connectivity index (χ0n) is 10.5. The maximum absolute atomic E-state index is 4.48. The molecule has 1 heterocycles. The number of nitrogens with one attached hydrogen (secondary N) is 1. The van der Waals surface area contributed by atoms with Crippen molar-refractivity contribution in [3.05, 3.63) is 29.6 Å². The van der Waals surface area contributed by atoms with Gasteiger partial charge in [0, 0.05) is 19.0 Å². The third-order valence-electron chi connectivity index (χ3n) is 2.84. The van der Waals surface area contributed by atoms with Gasteiger partial charge >= 0.3 is 0 Å². The first-order valence-electron chi connectivity index (χ1n) is 6.57. The average molecular weight is 231 g/mol. The van der Waals surface area contributed by atoms with Crippen LogP contribution in [0.15, 0.2) is 23.3 Å². The molecule has 3 nitrogen and oxygen atoms in total. The maximum Gasteiger partial charge on any atom is 0.0548 e. The summed E-state index contributed by atoms with van der Waals surface area (Å²) in [6.07, 6.45) is 8.82. The molecule has 0 spiro atoms. The SMILES string of the molecule is CCCCNCc1cc(C=NC2CC2)ccn1. The van der Waals surface area contributed by atoms with Crippen LogP contribution in [-0.2, 0) is 6.54 Å². The Morgan fingerprint density at radius 3 is 3.18 bits per heavy atom. The number of aromatic nitrogens is 1. The summed E-state index contributed by atoms with van der Waals surface area (Å²) in [6, 6.07) is 4.72. The van der Waals surface area contributed by atoms with Crippen LogP contribution in [0.1, 0.15) is 43.9 Å². The predicted molar refractivity (Wildman–Crippen MR) is 71.5 cm³/mol. The van der Waals surface area contributed by atoms with Crippen LogP contribution >= 0.6 is 0 Å². The van der Waals surface area contributed by atoms with Crippen molar-refractivity contribution in [1.29, 1.82) is 0 Å². The molecule has 0 amide bonds. The highest BCUT2D eigenvalue weighted by molar-refractivity contribution is 5.79. The van der Waals surface area contributed by atoms with E-state index in [1.54, 1.807) is 0 Å². The van der Waals surface area contributed by atoms with Crippen LogP contribution in [0, 0.1) is 0 Å². The van der Waals surface area contributed by atoms with E-state index in [4.69, 9.17) is 0 Å². The zero-order chi connectivity index (χ0) is 11.9. The molecule has 0 atom stereocenters. The van der Waals surface area contributed by atoms with Crippen LogP contribution in [0.5, 0.6) is 0 Å². The zero-order valence-corrected chi connectivity index (χ0v) is 10.5. The van der Waals surface area contributed by atoms with Gasteiger partial charge in [-0.2, -0.15) is 0 Å². The van der Waals surface area contributed by atoms with Crippen LogP contribution in [0.3, 0.4) is 0 Å². The van der Waals surface area contributed by atoms with E-state index in [9.17, 15) is 0 Å². The quantitative estimate of drug-likeness (QED) is 0.578. The van der Waals surface area contributed by atoms with Crippen molar-refractivity contribution in [3.63, 3.8) is 0 Å². The molecule has 17 heavy (non-hydrogen) atoms. The standard InChI is InChI=1S/C14H21N3/c1-2-3-7-15-11-14-9-12(6-8-16-14)10-17-13-4-5-13/h6,8-10,13,15H,2-5,7,11H2,1H3. The molecule has 0 unspecified atom stereocenters. The summed E-state index contributed by atoms with van der Waals surface area (Å²) in [5, 5.41) is 3.40. The Balaban J connectivity index is 1.82. The van der Waals surface area contributed by atoms with Gasteiger partial charge < -0.3 is 5.32 Å². The second kappa shape index (κ2) is 6.50. The summed E-state index contributed by atoms with van der Waals surface area (Å²) in [7, 11) is 0. The lowest BCUT2D eigenvalue weighted by molar-refractivity contribution is 0.633. The summed E-state index contributed by atoms with van der Waals surface area (Å²) >= 11 is 0. The van der Waals surface area contributed by atoms with Gasteiger partial charge in [0.1, 0.15) is 0 Å². The molecule has 1 N–H and O–H groups in total. The molecule has 1 aromatic heterocycles. The highest BCUT2D eigenvalue weighted by Crippen LogP contribution is 2.23. The first-order chi connectivity index (χ1) is 8.38. The van der Waals surface area contributed by atoms with Gasteiger partial charge in [-0.3, -0.25) is 9.98 Å². The van der Waals surface area contributed by atoms with Crippen molar-refractivity contribution in [2.75, 3.05) is 6.54 Å². The lowest BCUT2D eigenvalue weighted by atomic mass is 10.2. The van der Waals surface area contributed by atoms with Gasteiger partial charge in [-0.1, -0.05) is 13.3 Å². The minimum Gasteiger partial charge on any atom is -0.311 e. The fourth-order valence-corrected chi connectivity index (χ4v) is 1.61. The maximum atomic E-state index is 4.48. The van der Waals surface area contributed by atoms with E-state index in [0.717, 1.165) is 18.8 Å². The van der Waals surface area contributed by atoms with Gasteiger partial charge in [-0.05, 0) is 43.5 Å². The number of nitrogens with zero attached hydrogens (tertiary/aromatic N) is 2. The fraction of sp³-hybridized carbons (Fsp3) is 0.571. The first-order valence-corrected chi connectivity index (χ1v) is 6.57. The summed E-state index contributed by atoms with van der Waals surface area (Å²) in [5.41, 5.74) is 2.26. The topological polar surface area (TPSA) is 37.3 Å². The summed E-state index contributed by atoms with van der Waals surface area (Å²) < 4.78 is 0. The molecular weight excluding hydrogens is 210 g/mol. The molecule has 92 valence electrons. The van der Waals surface area contributed by atoms with Gasteiger partial charge in [0.15, 0.2) is 0 Å². The predicted octanol–water partition coefficient (Wildman–Crippen LogP) is 2.55. The number of aliphatic imine (C=N–C) groups is 1. The van der Waals surface area contributed by atoms with Crippen LogP contribution < -0.4 is 5.32 Å². The van der Waals surface area contributed by atoms with Gasteiger partial charge in [0.2, 0.25) is 0 Å². The monoisotopic (exact) mass is 231 g/mol. The molecule has 3 heteroatoms. The molecule has 0 bridgehead atoms. The molecule has 0 aliphatic heterocycles. The number of pyridine rings is 1. The molecule has 0 aromatic carbocycles. The summed E-state index contributed by atoms with van der Waals surface area (Å²) in [4.78, 5) is 8.84. The molecule has 1 aliphatic carbocycles. The molecule has 0 radical (unpaired) electrons. The van der Waals surface area contributed by atoms with Crippen LogP contribution in [-0.4, -0.2) is 23.8 Å². The van der Waals surface area contributed by atoms with Crippen LogP contribution in [0.4, 0.5) is 0 Å². The Hall–Kier alpha value is -1.22. The van der Waals surface area contributed by atoms with Crippen molar-refractivity contribution in [3.8, 4) is 0 Å². The molecule has 0 saturated heterocycles. The van der Waals surface area contributed by atoms with Crippen LogP contribution in [0.2, 0.25) is 0 Å². The largest absolute Gasteiger partial charge is 0.311 e. The smallest absolute Gasteiger partial charge is 0.0548 e. The van der Waals surface area contributed by atoms with E-state index in [2.05, 4.69) is 28.3 Å². The van der Waals surface area contributed by atoms with Gasteiger partial charge in [-0.15, -0.1) is 0 Å². The second-order valence-electron chi connectivity index (χ2n) is 4.62. The fourth-order valence-electron chi connectivity index (χ4n) is 1.61. The number of unbranched alkanes of at least 4 members (excludes halogenated alkanes) is 1. The Morgan fingerprint density at radius 2 is 2.41 bits per heavy atom.